The Morgan fingerprint density at radius 1 is 1.65 bits per heavy atom. The van der Waals surface area contributed by atoms with Gasteiger partial charge in [-0.05, 0) is 26.0 Å². The van der Waals surface area contributed by atoms with E-state index in [4.69, 9.17) is 10.5 Å². The summed E-state index contributed by atoms with van der Waals surface area (Å²) in [5.74, 6) is 0.631. The van der Waals surface area contributed by atoms with Crippen LogP contribution in [0.2, 0.25) is 0 Å². The number of hydrogen-bond acceptors (Lipinski definition) is 3. The summed E-state index contributed by atoms with van der Waals surface area (Å²) in [6.07, 6.45) is 0.237. The number of aliphatic imine (C=N–C) groups is 1. The van der Waals surface area contributed by atoms with Gasteiger partial charge in [0.2, 0.25) is 0 Å². The van der Waals surface area contributed by atoms with Gasteiger partial charge >= 0.3 is 0 Å². The van der Waals surface area contributed by atoms with E-state index in [2.05, 4.69) is 35.9 Å². The van der Waals surface area contributed by atoms with Crippen molar-refractivity contribution in [3.05, 3.63) is 21.9 Å². The van der Waals surface area contributed by atoms with E-state index in [9.17, 15) is 0 Å². The van der Waals surface area contributed by atoms with Crippen molar-refractivity contribution in [2.75, 3.05) is 19.7 Å². The third-order valence-corrected chi connectivity index (χ3v) is 3.74. The zero-order valence-electron chi connectivity index (χ0n) is 10.3. The Hall–Kier alpha value is -1.07. The highest BCUT2D eigenvalue weighted by molar-refractivity contribution is 7.11. The number of rotatable bonds is 2. The number of ether oxygens (including phenoxy) is 1. The molecule has 0 aromatic carbocycles. The van der Waals surface area contributed by atoms with Crippen molar-refractivity contribution >= 4 is 17.3 Å². The number of aryl methyl sites for hydroxylation is 1. The molecule has 2 rings (SSSR count). The van der Waals surface area contributed by atoms with Crippen molar-refractivity contribution in [1.82, 2.24) is 4.90 Å². The zero-order valence-corrected chi connectivity index (χ0v) is 11.2. The van der Waals surface area contributed by atoms with E-state index < -0.39 is 0 Å². The predicted octanol–water partition coefficient (Wildman–Crippen LogP) is 1.59. The molecule has 1 aliphatic rings. The van der Waals surface area contributed by atoms with Crippen molar-refractivity contribution in [2.45, 2.75) is 26.5 Å². The minimum Gasteiger partial charge on any atom is -0.375 e. The fourth-order valence-electron chi connectivity index (χ4n) is 1.86. The van der Waals surface area contributed by atoms with Crippen molar-refractivity contribution in [1.29, 1.82) is 0 Å². The fraction of sp³-hybridized carbons (Fsp3) is 0.583. The second kappa shape index (κ2) is 5.51. The summed E-state index contributed by atoms with van der Waals surface area (Å²) in [6.45, 7) is 7.24. The van der Waals surface area contributed by atoms with Gasteiger partial charge in [-0.3, -0.25) is 0 Å². The van der Waals surface area contributed by atoms with Gasteiger partial charge in [-0.25, -0.2) is 4.99 Å². The average molecular weight is 253 g/mol. The normalized spacial score (nSPS) is 21.9. The molecule has 0 bridgehead atoms. The van der Waals surface area contributed by atoms with E-state index in [0.717, 1.165) is 19.7 Å². The molecule has 0 spiro atoms. The van der Waals surface area contributed by atoms with Crippen LogP contribution in [0.15, 0.2) is 17.1 Å². The number of nitrogens with two attached hydrogens (primary N) is 1. The molecule has 0 radical (unpaired) electrons. The molecule has 1 aromatic heterocycles. The Kier molecular flexibility index (Phi) is 4.02. The molecular weight excluding hydrogens is 234 g/mol. The molecule has 0 aliphatic carbocycles. The highest BCUT2D eigenvalue weighted by atomic mass is 32.1. The monoisotopic (exact) mass is 253 g/mol. The van der Waals surface area contributed by atoms with E-state index in [1.165, 1.54) is 9.75 Å². The van der Waals surface area contributed by atoms with Crippen LogP contribution in [0, 0.1) is 6.92 Å². The SMILES string of the molecule is Cc1ccc(CN=C(N)N2CCOC(C)C2)s1. The van der Waals surface area contributed by atoms with Crippen molar-refractivity contribution < 1.29 is 4.74 Å². The molecule has 1 aliphatic heterocycles. The van der Waals surface area contributed by atoms with E-state index in [-0.39, 0.29) is 6.10 Å². The molecular formula is C12H19N3OS. The Morgan fingerprint density at radius 3 is 3.12 bits per heavy atom. The molecule has 94 valence electrons. The molecule has 5 heteroatoms. The van der Waals surface area contributed by atoms with Crippen molar-refractivity contribution in [2.24, 2.45) is 10.7 Å². The van der Waals surface area contributed by atoms with Crippen LogP contribution >= 0.6 is 11.3 Å². The standard InChI is InChI=1S/C12H19N3OS/c1-9-8-15(5-6-16-9)12(13)14-7-11-4-3-10(2)17-11/h3-4,9H,5-8H2,1-2H3,(H2,13,14). The zero-order chi connectivity index (χ0) is 12.3. The van der Waals surface area contributed by atoms with Gasteiger partial charge in [0.25, 0.3) is 0 Å². The van der Waals surface area contributed by atoms with Crippen LogP contribution in [0.25, 0.3) is 0 Å². The maximum atomic E-state index is 5.99. The minimum absolute atomic E-state index is 0.237. The molecule has 2 N–H and O–H groups in total. The lowest BCUT2D eigenvalue weighted by molar-refractivity contribution is 0.00529. The third kappa shape index (κ3) is 3.44. The van der Waals surface area contributed by atoms with Gasteiger partial charge in [0, 0.05) is 22.8 Å². The third-order valence-electron chi connectivity index (χ3n) is 2.76. The van der Waals surface area contributed by atoms with E-state index in [0.29, 0.717) is 12.5 Å². The van der Waals surface area contributed by atoms with Crippen LogP contribution in [0.3, 0.4) is 0 Å². The van der Waals surface area contributed by atoms with Gasteiger partial charge < -0.3 is 15.4 Å². The highest BCUT2D eigenvalue weighted by Crippen LogP contribution is 2.16. The number of thiophene rings is 1. The van der Waals surface area contributed by atoms with E-state index >= 15 is 0 Å². The Morgan fingerprint density at radius 2 is 2.47 bits per heavy atom. The smallest absolute Gasteiger partial charge is 0.191 e. The Bertz CT molecular complexity index is 402. The molecule has 17 heavy (non-hydrogen) atoms. The van der Waals surface area contributed by atoms with Crippen molar-refractivity contribution in [3.63, 3.8) is 0 Å². The highest BCUT2D eigenvalue weighted by Gasteiger charge is 2.17. The molecule has 1 unspecified atom stereocenters. The van der Waals surface area contributed by atoms with Gasteiger partial charge in [-0.2, -0.15) is 0 Å². The lowest BCUT2D eigenvalue weighted by Crippen LogP contribution is -2.47. The molecule has 1 aromatic rings. The summed E-state index contributed by atoms with van der Waals surface area (Å²) in [6, 6.07) is 4.22. The number of guanidine groups is 1. The van der Waals surface area contributed by atoms with E-state index in [1.807, 2.05) is 0 Å². The second-order valence-corrected chi connectivity index (χ2v) is 5.69. The number of morpholine rings is 1. The molecule has 4 nitrogen and oxygen atoms in total. The molecule has 2 heterocycles. The summed E-state index contributed by atoms with van der Waals surface area (Å²) in [4.78, 5) is 9.10. The van der Waals surface area contributed by atoms with Gasteiger partial charge in [-0.1, -0.05) is 0 Å². The van der Waals surface area contributed by atoms with Crippen LogP contribution in [-0.2, 0) is 11.3 Å². The first kappa shape index (κ1) is 12.4. The molecule has 1 fully saturated rings. The topological polar surface area (TPSA) is 50.8 Å². The number of nitrogens with zero attached hydrogens (tertiary/aromatic N) is 2. The summed E-state index contributed by atoms with van der Waals surface area (Å²) < 4.78 is 5.47. The quantitative estimate of drug-likeness (QED) is 0.643. The predicted molar refractivity (Wildman–Crippen MR) is 71.4 cm³/mol. The van der Waals surface area contributed by atoms with Crippen LogP contribution in [0.4, 0.5) is 0 Å². The Labute approximate surface area is 106 Å². The summed E-state index contributed by atoms with van der Waals surface area (Å²) >= 11 is 1.77. The first-order valence-electron chi connectivity index (χ1n) is 5.87. The molecule has 1 atom stereocenters. The lowest BCUT2D eigenvalue weighted by atomic mass is 10.3. The number of hydrogen-bond donors (Lipinski definition) is 1. The van der Waals surface area contributed by atoms with Crippen molar-refractivity contribution in [3.8, 4) is 0 Å². The van der Waals surface area contributed by atoms with E-state index in [1.54, 1.807) is 11.3 Å². The molecule has 0 amide bonds. The largest absolute Gasteiger partial charge is 0.375 e. The summed E-state index contributed by atoms with van der Waals surface area (Å²) in [5, 5.41) is 0. The summed E-state index contributed by atoms with van der Waals surface area (Å²) in [7, 11) is 0. The van der Waals surface area contributed by atoms with Gasteiger partial charge in [0.1, 0.15) is 0 Å². The Balaban J connectivity index is 1.92. The lowest BCUT2D eigenvalue weighted by Gasteiger charge is -2.31. The van der Waals surface area contributed by atoms with Crippen LogP contribution in [0.5, 0.6) is 0 Å². The average Bonchev–Trinajstić information content (AvgIpc) is 2.72. The van der Waals surface area contributed by atoms with Gasteiger partial charge in [-0.15, -0.1) is 11.3 Å². The van der Waals surface area contributed by atoms with Crippen LogP contribution in [-0.4, -0.2) is 36.7 Å². The molecule has 1 saturated heterocycles. The van der Waals surface area contributed by atoms with Crippen LogP contribution in [0.1, 0.15) is 16.7 Å². The first-order valence-corrected chi connectivity index (χ1v) is 6.68. The van der Waals surface area contributed by atoms with Gasteiger partial charge in [0.15, 0.2) is 5.96 Å². The summed E-state index contributed by atoms with van der Waals surface area (Å²) in [5.41, 5.74) is 5.99. The first-order chi connectivity index (χ1) is 8.15. The van der Waals surface area contributed by atoms with Crippen LogP contribution < -0.4 is 5.73 Å². The fourth-order valence-corrected chi connectivity index (χ4v) is 2.67. The minimum atomic E-state index is 0.237. The maximum absolute atomic E-state index is 5.99. The molecule has 0 saturated carbocycles. The second-order valence-electron chi connectivity index (χ2n) is 4.31. The maximum Gasteiger partial charge on any atom is 0.191 e. The van der Waals surface area contributed by atoms with Gasteiger partial charge in [0.05, 0.1) is 19.3 Å².